The van der Waals surface area contributed by atoms with Crippen LogP contribution < -0.4 is 5.32 Å². The predicted octanol–water partition coefficient (Wildman–Crippen LogP) is 2.42. The van der Waals surface area contributed by atoms with Gasteiger partial charge in [0.15, 0.2) is 0 Å². The fraction of sp³-hybridized carbons (Fsp3) is 0.455. The number of anilines is 1. The quantitative estimate of drug-likeness (QED) is 0.634. The molecule has 1 atom stereocenters. The number of pyridine rings is 1. The minimum atomic E-state index is -1.21. The first kappa shape index (κ1) is 13.7. The molecule has 1 aliphatic rings. The summed E-state index contributed by atoms with van der Waals surface area (Å²) in [5.74, 6) is -1.04. The second-order valence-corrected chi connectivity index (χ2v) is 5.53. The fourth-order valence-electron chi connectivity index (χ4n) is 1.94. The smallest absolute Gasteiger partial charge is 0.329 e. The van der Waals surface area contributed by atoms with Crippen molar-refractivity contribution in [2.75, 3.05) is 5.32 Å². The summed E-state index contributed by atoms with van der Waals surface area (Å²) in [5.41, 5.74) is -1.31. The van der Waals surface area contributed by atoms with E-state index in [0.29, 0.717) is 4.47 Å². The molecule has 1 aromatic rings. The fourth-order valence-corrected chi connectivity index (χ4v) is 2.36. The SMILES string of the molecule is CC(Nc1c(Br)cncc1[N+](=O)[O-])(C(=O)O)C1CC1. The summed E-state index contributed by atoms with van der Waals surface area (Å²) in [6, 6.07) is 0. The number of hydrogen-bond donors (Lipinski definition) is 2. The Kier molecular flexibility index (Phi) is 3.44. The Balaban J connectivity index is 2.42. The van der Waals surface area contributed by atoms with Gasteiger partial charge >= 0.3 is 11.7 Å². The molecule has 1 heterocycles. The molecule has 1 unspecified atom stereocenters. The molecule has 7 nitrogen and oxygen atoms in total. The number of aromatic nitrogens is 1. The van der Waals surface area contributed by atoms with Gasteiger partial charge in [-0.25, -0.2) is 4.79 Å². The van der Waals surface area contributed by atoms with Gasteiger partial charge in [-0.05, 0) is 41.6 Å². The summed E-state index contributed by atoms with van der Waals surface area (Å²) in [6.45, 7) is 1.55. The Hall–Kier alpha value is -1.70. The molecule has 0 aromatic carbocycles. The van der Waals surface area contributed by atoms with Gasteiger partial charge in [0, 0.05) is 6.20 Å². The van der Waals surface area contributed by atoms with E-state index in [0.717, 1.165) is 19.0 Å². The normalized spacial score (nSPS) is 17.6. The highest BCUT2D eigenvalue weighted by atomic mass is 79.9. The van der Waals surface area contributed by atoms with Gasteiger partial charge in [0.1, 0.15) is 17.4 Å². The monoisotopic (exact) mass is 329 g/mol. The maximum Gasteiger partial charge on any atom is 0.329 e. The number of nitro groups is 1. The topological polar surface area (TPSA) is 105 Å². The summed E-state index contributed by atoms with van der Waals surface area (Å²) < 4.78 is 0.370. The molecule has 2 N–H and O–H groups in total. The lowest BCUT2D eigenvalue weighted by Gasteiger charge is -2.27. The molecule has 0 bridgehead atoms. The van der Waals surface area contributed by atoms with E-state index in [1.807, 2.05) is 0 Å². The molecule has 1 aliphatic carbocycles. The molecule has 0 aliphatic heterocycles. The Morgan fingerprint density at radius 3 is 2.74 bits per heavy atom. The van der Waals surface area contributed by atoms with Gasteiger partial charge in [0.2, 0.25) is 0 Å². The van der Waals surface area contributed by atoms with E-state index in [-0.39, 0.29) is 17.3 Å². The van der Waals surface area contributed by atoms with Crippen molar-refractivity contribution in [3.63, 3.8) is 0 Å². The third kappa shape index (κ3) is 2.53. The van der Waals surface area contributed by atoms with Crippen molar-refractivity contribution < 1.29 is 14.8 Å². The summed E-state index contributed by atoms with van der Waals surface area (Å²) >= 11 is 3.16. The highest BCUT2D eigenvalue weighted by Gasteiger charge is 2.48. The van der Waals surface area contributed by atoms with Crippen LogP contribution in [0.2, 0.25) is 0 Å². The van der Waals surface area contributed by atoms with Gasteiger partial charge in [-0.3, -0.25) is 15.1 Å². The van der Waals surface area contributed by atoms with Crippen LogP contribution >= 0.6 is 15.9 Å². The summed E-state index contributed by atoms with van der Waals surface area (Å²) in [4.78, 5) is 25.5. The lowest BCUT2D eigenvalue weighted by molar-refractivity contribution is -0.384. The number of nitrogens with one attached hydrogen (secondary N) is 1. The van der Waals surface area contributed by atoms with Crippen LogP contribution in [0.1, 0.15) is 19.8 Å². The number of carbonyl (C=O) groups is 1. The third-order valence-electron chi connectivity index (χ3n) is 3.30. The highest BCUT2D eigenvalue weighted by Crippen LogP contribution is 2.44. The first-order valence-corrected chi connectivity index (χ1v) is 6.45. The van der Waals surface area contributed by atoms with Crippen molar-refractivity contribution in [1.29, 1.82) is 0 Å². The van der Waals surface area contributed by atoms with Gasteiger partial charge in [0.25, 0.3) is 0 Å². The van der Waals surface area contributed by atoms with Crippen molar-refractivity contribution in [3.05, 3.63) is 27.0 Å². The van der Waals surface area contributed by atoms with E-state index < -0.39 is 16.4 Å². The van der Waals surface area contributed by atoms with Crippen molar-refractivity contribution in [3.8, 4) is 0 Å². The number of aliphatic carboxylic acids is 1. The molecule has 102 valence electrons. The Labute approximate surface area is 117 Å². The standard InChI is InChI=1S/C11H12BrN3O4/c1-11(10(16)17,6-2-3-6)14-9-7(12)4-13-5-8(9)15(18)19/h4-6H,2-3H2,1H3,(H,13,14)(H,16,17). The Morgan fingerprint density at radius 1 is 1.63 bits per heavy atom. The number of halogens is 1. The number of rotatable bonds is 5. The predicted molar refractivity (Wildman–Crippen MR) is 71.0 cm³/mol. The largest absolute Gasteiger partial charge is 0.480 e. The van der Waals surface area contributed by atoms with Crippen LogP contribution in [0, 0.1) is 16.0 Å². The van der Waals surface area contributed by atoms with Gasteiger partial charge in [-0.1, -0.05) is 0 Å². The lowest BCUT2D eigenvalue weighted by Crippen LogP contribution is -2.45. The molecule has 8 heteroatoms. The Bertz CT molecular complexity index is 547. The molecule has 0 saturated heterocycles. The molecular formula is C11H12BrN3O4. The summed E-state index contributed by atoms with van der Waals surface area (Å²) in [7, 11) is 0. The van der Waals surface area contributed by atoms with E-state index in [9.17, 15) is 20.0 Å². The molecule has 2 rings (SSSR count). The molecule has 19 heavy (non-hydrogen) atoms. The van der Waals surface area contributed by atoms with Gasteiger partial charge in [-0.2, -0.15) is 0 Å². The molecule has 1 fully saturated rings. The van der Waals surface area contributed by atoms with Crippen LogP contribution in [0.5, 0.6) is 0 Å². The van der Waals surface area contributed by atoms with E-state index in [1.54, 1.807) is 6.92 Å². The summed E-state index contributed by atoms with van der Waals surface area (Å²) in [6.07, 6.45) is 4.09. The highest BCUT2D eigenvalue weighted by molar-refractivity contribution is 9.10. The number of nitrogens with zero attached hydrogens (tertiary/aromatic N) is 2. The van der Waals surface area contributed by atoms with Gasteiger partial charge < -0.3 is 10.4 Å². The van der Waals surface area contributed by atoms with Crippen molar-refractivity contribution in [2.45, 2.75) is 25.3 Å². The van der Waals surface area contributed by atoms with Gasteiger partial charge in [0.05, 0.1) is 9.40 Å². The minimum Gasteiger partial charge on any atom is -0.480 e. The average molecular weight is 330 g/mol. The zero-order valence-electron chi connectivity index (χ0n) is 10.1. The Morgan fingerprint density at radius 2 is 2.26 bits per heavy atom. The van der Waals surface area contributed by atoms with Gasteiger partial charge in [-0.15, -0.1) is 0 Å². The molecular weight excluding hydrogens is 318 g/mol. The number of hydrogen-bond acceptors (Lipinski definition) is 5. The van der Waals surface area contributed by atoms with Crippen LogP contribution in [0.25, 0.3) is 0 Å². The van der Waals surface area contributed by atoms with Crippen LogP contribution in [0.4, 0.5) is 11.4 Å². The lowest BCUT2D eigenvalue weighted by atomic mass is 9.95. The molecule has 0 amide bonds. The average Bonchev–Trinajstić information content (AvgIpc) is 3.15. The number of carboxylic acids is 1. The van der Waals surface area contributed by atoms with Crippen LogP contribution in [-0.4, -0.2) is 26.5 Å². The maximum atomic E-state index is 11.4. The first-order valence-electron chi connectivity index (χ1n) is 5.65. The zero-order chi connectivity index (χ0) is 14.2. The summed E-state index contributed by atoms with van der Waals surface area (Å²) in [5, 5.41) is 23.1. The molecule has 0 spiro atoms. The molecule has 0 radical (unpaired) electrons. The van der Waals surface area contributed by atoms with E-state index in [1.165, 1.54) is 6.20 Å². The van der Waals surface area contributed by atoms with Crippen molar-refractivity contribution in [2.24, 2.45) is 5.92 Å². The molecule has 1 aromatic heterocycles. The van der Waals surface area contributed by atoms with Crippen LogP contribution in [-0.2, 0) is 4.79 Å². The second-order valence-electron chi connectivity index (χ2n) is 4.68. The second kappa shape index (κ2) is 4.76. The number of carboxylic acid groups (broad SMARTS) is 1. The third-order valence-corrected chi connectivity index (χ3v) is 3.90. The van der Waals surface area contributed by atoms with Crippen molar-refractivity contribution >= 4 is 33.3 Å². The van der Waals surface area contributed by atoms with Crippen LogP contribution in [0.15, 0.2) is 16.9 Å². The zero-order valence-corrected chi connectivity index (χ0v) is 11.7. The van der Waals surface area contributed by atoms with Crippen LogP contribution in [0.3, 0.4) is 0 Å². The van der Waals surface area contributed by atoms with Crippen molar-refractivity contribution in [1.82, 2.24) is 4.98 Å². The minimum absolute atomic E-state index is 0.0235. The first-order chi connectivity index (χ1) is 8.86. The van der Waals surface area contributed by atoms with E-state index >= 15 is 0 Å². The molecule has 1 saturated carbocycles. The van der Waals surface area contributed by atoms with E-state index in [4.69, 9.17) is 0 Å². The maximum absolute atomic E-state index is 11.4. The van der Waals surface area contributed by atoms with E-state index in [2.05, 4.69) is 26.2 Å².